The second-order valence-corrected chi connectivity index (χ2v) is 8.13. The summed E-state index contributed by atoms with van der Waals surface area (Å²) < 4.78 is 5.73. The Bertz CT molecular complexity index is 1010. The van der Waals surface area contributed by atoms with Gasteiger partial charge in [-0.15, -0.1) is 0 Å². The van der Waals surface area contributed by atoms with E-state index in [0.29, 0.717) is 17.3 Å². The number of nitrogens with zero attached hydrogens (tertiary/aromatic N) is 2. The van der Waals surface area contributed by atoms with E-state index in [4.69, 9.17) is 16.0 Å². The van der Waals surface area contributed by atoms with Crippen molar-refractivity contribution in [2.24, 2.45) is 0 Å². The number of furan rings is 1. The normalized spacial score (nSPS) is 15.3. The Labute approximate surface area is 182 Å². The fourth-order valence-electron chi connectivity index (χ4n) is 3.64. The third-order valence-electron chi connectivity index (χ3n) is 5.42. The van der Waals surface area contributed by atoms with Crippen molar-refractivity contribution < 1.29 is 9.21 Å². The highest BCUT2D eigenvalue weighted by atomic mass is 35.5. The number of hydrogen-bond acceptors (Lipinski definition) is 4. The summed E-state index contributed by atoms with van der Waals surface area (Å²) in [6.07, 6.45) is 0. The molecular formula is C24H26ClN3O2. The maximum absolute atomic E-state index is 12.5. The van der Waals surface area contributed by atoms with E-state index in [9.17, 15) is 4.79 Å². The number of carbonyl (C=O) groups is 1. The molecule has 0 atom stereocenters. The predicted molar refractivity (Wildman–Crippen MR) is 120 cm³/mol. The zero-order valence-corrected chi connectivity index (χ0v) is 17.9. The van der Waals surface area contributed by atoms with E-state index >= 15 is 0 Å². The number of hydrogen-bond donors (Lipinski definition) is 1. The summed E-state index contributed by atoms with van der Waals surface area (Å²) in [7, 11) is 2.16. The van der Waals surface area contributed by atoms with Crippen LogP contribution in [0.3, 0.4) is 0 Å². The smallest absolute Gasteiger partial charge is 0.287 e. The van der Waals surface area contributed by atoms with E-state index < -0.39 is 0 Å². The first-order valence-corrected chi connectivity index (χ1v) is 10.6. The minimum Gasteiger partial charge on any atom is -0.451 e. The van der Waals surface area contributed by atoms with Crippen molar-refractivity contribution in [3.8, 4) is 11.3 Å². The average Bonchev–Trinajstić information content (AvgIpc) is 3.24. The van der Waals surface area contributed by atoms with E-state index in [1.165, 1.54) is 5.56 Å². The Balaban J connectivity index is 1.35. The number of likely N-dealkylation sites (N-methyl/N-ethyl adjacent to an activating group) is 1. The Hall–Kier alpha value is -2.60. The third kappa shape index (κ3) is 5.11. The number of carbonyl (C=O) groups excluding carboxylic acids is 1. The minimum atomic E-state index is -0.238. The molecule has 0 aliphatic carbocycles. The van der Waals surface area contributed by atoms with Crippen LogP contribution in [0.2, 0.25) is 5.02 Å². The Kier molecular flexibility index (Phi) is 6.53. The first-order chi connectivity index (χ1) is 14.6. The second-order valence-electron chi connectivity index (χ2n) is 7.73. The molecule has 0 radical (unpaired) electrons. The van der Waals surface area contributed by atoms with Gasteiger partial charge in [-0.3, -0.25) is 9.69 Å². The van der Waals surface area contributed by atoms with Gasteiger partial charge in [0, 0.05) is 44.8 Å². The zero-order valence-electron chi connectivity index (χ0n) is 17.1. The van der Waals surface area contributed by atoms with Crippen molar-refractivity contribution in [2.45, 2.75) is 13.1 Å². The fraction of sp³-hybridized carbons (Fsp3) is 0.292. The minimum absolute atomic E-state index is 0.238. The van der Waals surface area contributed by atoms with Gasteiger partial charge >= 0.3 is 0 Å². The van der Waals surface area contributed by atoms with E-state index in [-0.39, 0.29) is 11.7 Å². The predicted octanol–water partition coefficient (Wildman–Crippen LogP) is 4.28. The van der Waals surface area contributed by atoms with Crippen LogP contribution in [0.25, 0.3) is 11.3 Å². The Morgan fingerprint density at radius 1 is 1.00 bits per heavy atom. The molecule has 3 aromatic rings. The van der Waals surface area contributed by atoms with Crippen LogP contribution in [-0.4, -0.2) is 48.9 Å². The van der Waals surface area contributed by atoms with Gasteiger partial charge in [-0.2, -0.15) is 0 Å². The summed E-state index contributed by atoms with van der Waals surface area (Å²) in [5.74, 6) is 0.621. The maximum Gasteiger partial charge on any atom is 0.287 e. The molecule has 1 saturated heterocycles. The second kappa shape index (κ2) is 9.47. The van der Waals surface area contributed by atoms with Crippen LogP contribution in [0.1, 0.15) is 21.7 Å². The van der Waals surface area contributed by atoms with Gasteiger partial charge in [0.2, 0.25) is 0 Å². The van der Waals surface area contributed by atoms with Crippen LogP contribution < -0.4 is 5.32 Å². The van der Waals surface area contributed by atoms with E-state index in [1.807, 2.05) is 24.3 Å². The quantitative estimate of drug-likeness (QED) is 0.643. The van der Waals surface area contributed by atoms with Gasteiger partial charge < -0.3 is 14.6 Å². The lowest BCUT2D eigenvalue weighted by atomic mass is 10.1. The molecule has 1 aliphatic heterocycles. The fourth-order valence-corrected chi connectivity index (χ4v) is 3.87. The van der Waals surface area contributed by atoms with Gasteiger partial charge in [0.25, 0.3) is 5.91 Å². The van der Waals surface area contributed by atoms with Gasteiger partial charge in [-0.05, 0) is 42.4 Å². The first kappa shape index (κ1) is 20.7. The molecule has 2 heterocycles. The molecule has 1 N–H and O–H groups in total. The number of piperazine rings is 1. The largest absolute Gasteiger partial charge is 0.451 e. The highest BCUT2D eigenvalue weighted by Crippen LogP contribution is 2.29. The zero-order chi connectivity index (χ0) is 20.9. The van der Waals surface area contributed by atoms with Crippen LogP contribution in [0.15, 0.2) is 65.1 Å². The lowest BCUT2D eigenvalue weighted by Crippen LogP contribution is -2.43. The van der Waals surface area contributed by atoms with Gasteiger partial charge in [0.05, 0.1) is 5.02 Å². The summed E-state index contributed by atoms with van der Waals surface area (Å²) in [6, 6.07) is 19.3. The molecule has 4 rings (SSSR count). The highest BCUT2D eigenvalue weighted by Gasteiger charge is 2.15. The Morgan fingerprint density at radius 2 is 1.77 bits per heavy atom. The number of nitrogens with one attached hydrogen (secondary N) is 1. The molecule has 1 fully saturated rings. The monoisotopic (exact) mass is 423 g/mol. The Morgan fingerprint density at radius 3 is 2.57 bits per heavy atom. The summed E-state index contributed by atoms with van der Waals surface area (Å²) in [5.41, 5.74) is 3.12. The molecule has 156 valence electrons. The third-order valence-corrected chi connectivity index (χ3v) is 5.75. The van der Waals surface area contributed by atoms with Crippen LogP contribution in [0.5, 0.6) is 0 Å². The molecular weight excluding hydrogens is 398 g/mol. The average molecular weight is 424 g/mol. The maximum atomic E-state index is 12.5. The van der Waals surface area contributed by atoms with Crippen molar-refractivity contribution in [3.63, 3.8) is 0 Å². The number of halogens is 1. The van der Waals surface area contributed by atoms with Crippen LogP contribution in [0.4, 0.5) is 0 Å². The van der Waals surface area contributed by atoms with Crippen LogP contribution >= 0.6 is 11.6 Å². The molecule has 6 heteroatoms. The van der Waals surface area contributed by atoms with Crippen molar-refractivity contribution in [1.29, 1.82) is 0 Å². The van der Waals surface area contributed by atoms with Gasteiger partial charge in [-0.25, -0.2) is 0 Å². The SMILES string of the molecule is CN1CCN(Cc2cccc(CNC(=O)c3ccc(-c4ccccc4Cl)o3)c2)CC1. The van der Waals surface area contributed by atoms with Crippen LogP contribution in [0, 0.1) is 0 Å². The topological polar surface area (TPSA) is 48.7 Å². The van der Waals surface area contributed by atoms with Gasteiger partial charge in [0.1, 0.15) is 5.76 Å². The molecule has 0 bridgehead atoms. The molecule has 2 aromatic carbocycles. The molecule has 5 nitrogen and oxygen atoms in total. The van der Waals surface area contributed by atoms with Gasteiger partial charge in [0.15, 0.2) is 5.76 Å². The van der Waals surface area contributed by atoms with E-state index in [0.717, 1.165) is 43.9 Å². The van der Waals surface area contributed by atoms with Gasteiger partial charge in [-0.1, -0.05) is 48.0 Å². The number of benzene rings is 2. The van der Waals surface area contributed by atoms with Crippen molar-refractivity contribution >= 4 is 17.5 Å². The molecule has 0 saturated carbocycles. The first-order valence-electron chi connectivity index (χ1n) is 10.2. The lowest BCUT2D eigenvalue weighted by molar-refractivity contribution is 0.0924. The molecule has 0 unspecified atom stereocenters. The van der Waals surface area contributed by atoms with Crippen molar-refractivity contribution in [1.82, 2.24) is 15.1 Å². The summed E-state index contributed by atoms with van der Waals surface area (Å²) >= 11 is 6.21. The highest BCUT2D eigenvalue weighted by molar-refractivity contribution is 6.33. The van der Waals surface area contributed by atoms with E-state index in [1.54, 1.807) is 18.2 Å². The summed E-state index contributed by atoms with van der Waals surface area (Å²) in [5, 5.41) is 3.54. The summed E-state index contributed by atoms with van der Waals surface area (Å²) in [6.45, 7) is 5.78. The summed E-state index contributed by atoms with van der Waals surface area (Å²) in [4.78, 5) is 17.4. The lowest BCUT2D eigenvalue weighted by Gasteiger charge is -2.32. The van der Waals surface area contributed by atoms with Crippen molar-refractivity contribution in [2.75, 3.05) is 33.2 Å². The molecule has 0 spiro atoms. The number of amides is 1. The van der Waals surface area contributed by atoms with Crippen LogP contribution in [-0.2, 0) is 13.1 Å². The molecule has 1 amide bonds. The van der Waals surface area contributed by atoms with E-state index in [2.05, 4.69) is 40.4 Å². The number of rotatable bonds is 6. The molecule has 1 aromatic heterocycles. The molecule has 1 aliphatic rings. The standard InChI is InChI=1S/C24H26ClN3O2/c1-27-11-13-28(14-12-27)17-19-6-4-5-18(15-19)16-26-24(29)23-10-9-22(30-23)20-7-2-3-8-21(20)25/h2-10,15H,11-14,16-17H2,1H3,(H,26,29). The molecule has 30 heavy (non-hydrogen) atoms. The van der Waals surface area contributed by atoms with Crippen molar-refractivity contribution in [3.05, 3.63) is 82.6 Å².